The zero-order chi connectivity index (χ0) is 26.6. The Kier molecular flexibility index (Phi) is 7.00. The highest BCUT2D eigenvalue weighted by molar-refractivity contribution is 6.00. The minimum absolute atomic E-state index is 0.0712. The quantitative estimate of drug-likeness (QED) is 0.218. The first-order chi connectivity index (χ1) is 19.2. The van der Waals surface area contributed by atoms with Crippen molar-refractivity contribution >= 4 is 22.8 Å². The fourth-order valence-electron chi connectivity index (χ4n) is 5.22. The molecule has 5 heteroatoms. The molecule has 39 heavy (non-hydrogen) atoms. The van der Waals surface area contributed by atoms with E-state index in [2.05, 4.69) is 113 Å². The molecule has 6 rings (SSSR count). The number of amidine groups is 1. The van der Waals surface area contributed by atoms with Crippen LogP contribution in [0.3, 0.4) is 0 Å². The van der Waals surface area contributed by atoms with Crippen molar-refractivity contribution in [2.45, 2.75) is 25.4 Å². The summed E-state index contributed by atoms with van der Waals surface area (Å²) in [5.41, 5.74) is 13.0. The average Bonchev–Trinajstić information content (AvgIpc) is 3.01. The predicted octanol–water partition coefficient (Wildman–Crippen LogP) is 6.89. The second kappa shape index (κ2) is 11.0. The molecule has 0 saturated heterocycles. The number of aliphatic imine (C=N–C) groups is 2. The van der Waals surface area contributed by atoms with Crippen molar-refractivity contribution in [2.75, 3.05) is 0 Å². The maximum absolute atomic E-state index is 6.49. The normalized spacial score (nSPS) is 18.1. The molecule has 0 aromatic heterocycles. The summed E-state index contributed by atoms with van der Waals surface area (Å²) >= 11 is 0. The van der Waals surface area contributed by atoms with Crippen molar-refractivity contribution in [3.8, 4) is 11.1 Å². The molecule has 5 nitrogen and oxygen atoms in total. The minimum atomic E-state index is -0.426. The fourth-order valence-corrected chi connectivity index (χ4v) is 5.22. The lowest BCUT2D eigenvalue weighted by Gasteiger charge is -2.32. The van der Waals surface area contributed by atoms with Gasteiger partial charge in [0.1, 0.15) is 24.3 Å². The summed E-state index contributed by atoms with van der Waals surface area (Å²) in [6, 6.07) is 42.0. The van der Waals surface area contributed by atoms with Gasteiger partial charge >= 0.3 is 0 Å². The smallest absolute Gasteiger partial charge is 0.131 e. The van der Waals surface area contributed by atoms with Crippen molar-refractivity contribution in [3.05, 3.63) is 144 Å². The Labute approximate surface area is 229 Å². The van der Waals surface area contributed by atoms with Crippen LogP contribution in [-0.4, -0.2) is 12.1 Å². The second-order valence-electron chi connectivity index (χ2n) is 9.63. The van der Waals surface area contributed by atoms with Gasteiger partial charge in [0, 0.05) is 5.56 Å². The van der Waals surface area contributed by atoms with E-state index in [-0.39, 0.29) is 12.3 Å². The Balaban J connectivity index is 1.40. The van der Waals surface area contributed by atoms with Crippen LogP contribution in [0.5, 0.6) is 0 Å². The minimum Gasteiger partial charge on any atom is -0.350 e. The summed E-state index contributed by atoms with van der Waals surface area (Å²) in [5, 5.41) is 9.61. The number of rotatable bonds is 6. The molecule has 0 spiro atoms. The third-order valence-corrected chi connectivity index (χ3v) is 7.15. The number of nitrogens with zero attached hydrogens (tertiary/aromatic N) is 2. The van der Waals surface area contributed by atoms with Crippen LogP contribution in [0.2, 0.25) is 0 Å². The predicted molar refractivity (Wildman–Crippen MR) is 162 cm³/mol. The van der Waals surface area contributed by atoms with E-state index in [1.165, 1.54) is 5.39 Å². The van der Waals surface area contributed by atoms with Gasteiger partial charge in [-0.2, -0.15) is 0 Å². The molecule has 0 saturated carbocycles. The van der Waals surface area contributed by atoms with E-state index in [1.54, 1.807) is 6.21 Å². The van der Waals surface area contributed by atoms with Crippen molar-refractivity contribution in [1.29, 1.82) is 0 Å². The molecular weight excluding hydrogens is 478 g/mol. The topological polar surface area (TPSA) is 74.8 Å². The summed E-state index contributed by atoms with van der Waals surface area (Å²) in [6.07, 6.45) is 1.06. The van der Waals surface area contributed by atoms with E-state index < -0.39 is 6.17 Å². The molecule has 0 amide bonds. The van der Waals surface area contributed by atoms with Crippen LogP contribution in [0.15, 0.2) is 131 Å². The molecule has 4 N–H and O–H groups in total. The number of fused-ring (bicyclic) bond motifs is 1. The van der Waals surface area contributed by atoms with Crippen molar-refractivity contribution in [1.82, 2.24) is 10.6 Å². The van der Waals surface area contributed by atoms with E-state index in [0.29, 0.717) is 0 Å². The Morgan fingerprint density at radius 1 is 0.744 bits per heavy atom. The summed E-state index contributed by atoms with van der Waals surface area (Å²) < 4.78 is 0. The monoisotopic (exact) mass is 509 g/mol. The molecule has 192 valence electrons. The average molecular weight is 510 g/mol. The molecular formula is C34H31N5. The first-order valence-corrected chi connectivity index (χ1v) is 13.3. The van der Waals surface area contributed by atoms with Crippen molar-refractivity contribution in [2.24, 2.45) is 15.7 Å². The Hall–Kier alpha value is -4.58. The van der Waals surface area contributed by atoms with Gasteiger partial charge in [0.15, 0.2) is 0 Å². The zero-order valence-electron chi connectivity index (χ0n) is 21.8. The van der Waals surface area contributed by atoms with Crippen molar-refractivity contribution in [3.63, 3.8) is 0 Å². The van der Waals surface area contributed by atoms with E-state index in [0.717, 1.165) is 44.6 Å². The van der Waals surface area contributed by atoms with Crippen LogP contribution in [0.25, 0.3) is 21.9 Å². The molecule has 5 aromatic carbocycles. The Bertz CT molecular complexity index is 1630. The Morgan fingerprint density at radius 3 is 2.18 bits per heavy atom. The summed E-state index contributed by atoms with van der Waals surface area (Å²) in [6.45, 7) is 1.90. The molecule has 1 aliphatic heterocycles. The lowest BCUT2D eigenvalue weighted by Crippen LogP contribution is -2.44. The largest absolute Gasteiger partial charge is 0.350 e. The summed E-state index contributed by atoms with van der Waals surface area (Å²) in [4.78, 5) is 9.55. The van der Waals surface area contributed by atoms with Gasteiger partial charge in [0.05, 0.1) is 0 Å². The van der Waals surface area contributed by atoms with Crippen LogP contribution in [-0.2, 0) is 0 Å². The van der Waals surface area contributed by atoms with Crippen LogP contribution >= 0.6 is 0 Å². The second-order valence-corrected chi connectivity index (χ2v) is 9.63. The van der Waals surface area contributed by atoms with E-state index >= 15 is 0 Å². The highest BCUT2D eigenvalue weighted by Crippen LogP contribution is 2.36. The Morgan fingerprint density at radius 2 is 1.44 bits per heavy atom. The maximum Gasteiger partial charge on any atom is 0.131 e. The molecule has 5 aromatic rings. The maximum atomic E-state index is 6.49. The van der Waals surface area contributed by atoms with Gasteiger partial charge in [-0.05, 0) is 51.7 Å². The third kappa shape index (κ3) is 5.10. The van der Waals surface area contributed by atoms with Gasteiger partial charge in [0.2, 0.25) is 0 Å². The first-order valence-electron chi connectivity index (χ1n) is 13.3. The van der Waals surface area contributed by atoms with E-state index in [1.807, 2.05) is 31.2 Å². The highest BCUT2D eigenvalue weighted by Gasteiger charge is 2.25. The van der Waals surface area contributed by atoms with E-state index in [4.69, 9.17) is 10.7 Å². The fraction of sp³-hybridized carbons (Fsp3) is 0.118. The molecule has 1 heterocycles. The third-order valence-electron chi connectivity index (χ3n) is 7.15. The number of nitrogens with one attached hydrogen (secondary N) is 2. The van der Waals surface area contributed by atoms with Gasteiger partial charge < -0.3 is 11.1 Å². The van der Waals surface area contributed by atoms with Crippen LogP contribution in [0, 0.1) is 0 Å². The first kappa shape index (κ1) is 24.7. The van der Waals surface area contributed by atoms with Gasteiger partial charge in [-0.15, -0.1) is 0 Å². The molecule has 3 atom stereocenters. The van der Waals surface area contributed by atoms with Crippen LogP contribution < -0.4 is 16.4 Å². The van der Waals surface area contributed by atoms with E-state index in [9.17, 15) is 0 Å². The summed E-state index contributed by atoms with van der Waals surface area (Å²) in [5.74, 6) is 0.872. The molecule has 3 unspecified atom stereocenters. The molecule has 0 fully saturated rings. The zero-order valence-corrected chi connectivity index (χ0v) is 21.8. The number of hydrogen-bond donors (Lipinski definition) is 3. The van der Waals surface area contributed by atoms with Gasteiger partial charge in [-0.25, -0.2) is 4.99 Å². The van der Waals surface area contributed by atoms with Crippen LogP contribution in [0.1, 0.15) is 47.7 Å². The molecule has 0 bridgehead atoms. The molecule has 1 aliphatic rings. The number of nitrogens with two attached hydrogens (primary N) is 1. The van der Waals surface area contributed by atoms with Crippen molar-refractivity contribution < 1.29 is 0 Å². The highest BCUT2D eigenvalue weighted by atomic mass is 15.3. The van der Waals surface area contributed by atoms with Gasteiger partial charge in [0.25, 0.3) is 0 Å². The number of benzene rings is 5. The lowest BCUT2D eigenvalue weighted by atomic mass is 9.91. The molecule has 0 aliphatic carbocycles. The standard InChI is InChI=1S/C34H31N5/c1-2-36-31(35)29-22-21-23-11-9-10-16-28(23)30(29)24-17-19-27(20-18-24)34-38-32(25-12-5-3-6-13-25)37-33(39-34)26-14-7-4-8-15-26/h2-22,31-32,34,38H,35H2,1H3,(H,37,39)/b36-2-. The van der Waals surface area contributed by atoms with Crippen LogP contribution in [0.4, 0.5) is 0 Å². The molecule has 0 radical (unpaired) electrons. The number of hydrogen-bond acceptors (Lipinski definition) is 5. The lowest BCUT2D eigenvalue weighted by molar-refractivity contribution is 0.409. The van der Waals surface area contributed by atoms with Gasteiger partial charge in [-0.3, -0.25) is 10.3 Å². The van der Waals surface area contributed by atoms with Gasteiger partial charge in [-0.1, -0.05) is 121 Å². The summed E-state index contributed by atoms with van der Waals surface area (Å²) in [7, 11) is 0. The SMILES string of the molecule is C/C=N\C(N)c1ccc2ccccc2c1-c1ccc(C2N=C(c3ccccc3)NC(c3ccccc3)N2)cc1.